The molecule has 0 atom stereocenters. The first-order chi connectivity index (χ1) is 14.3. The average Bonchev–Trinajstić information content (AvgIpc) is 2.72. The first kappa shape index (κ1) is 23.3. The normalized spacial score (nSPS) is 11.1. The highest BCUT2D eigenvalue weighted by atomic mass is 19.4. The van der Waals surface area contributed by atoms with Crippen LogP contribution in [0.4, 0.5) is 18.9 Å². The molecule has 0 unspecified atom stereocenters. The number of benzene rings is 2. The zero-order valence-electron chi connectivity index (χ0n) is 16.9. The molecule has 0 N–H and O–H groups in total. The molecule has 162 valence electrons. The number of halogens is 3. The van der Waals surface area contributed by atoms with Gasteiger partial charge >= 0.3 is 12.1 Å². The highest BCUT2D eigenvalue weighted by molar-refractivity contribution is 5.87. The van der Waals surface area contributed by atoms with E-state index in [0.717, 1.165) is 11.6 Å². The third-order valence-corrected chi connectivity index (χ3v) is 4.49. The summed E-state index contributed by atoms with van der Waals surface area (Å²) in [7, 11) is 1.54. The van der Waals surface area contributed by atoms with Crippen molar-refractivity contribution in [1.82, 2.24) is 0 Å². The Labute approximate surface area is 173 Å². The molecule has 0 amide bonds. The predicted molar refractivity (Wildman–Crippen MR) is 107 cm³/mol. The number of nitrogens with zero attached hydrogens (tertiary/aromatic N) is 1. The molecule has 0 saturated carbocycles. The summed E-state index contributed by atoms with van der Waals surface area (Å²) < 4.78 is 50.2. The van der Waals surface area contributed by atoms with Crippen LogP contribution in [-0.4, -0.2) is 32.5 Å². The van der Waals surface area contributed by atoms with Gasteiger partial charge in [0.1, 0.15) is 5.75 Å². The molecule has 30 heavy (non-hydrogen) atoms. The van der Waals surface area contributed by atoms with Crippen LogP contribution in [0, 0.1) is 0 Å². The summed E-state index contributed by atoms with van der Waals surface area (Å²) in [6.07, 6.45) is -3.93. The summed E-state index contributed by atoms with van der Waals surface area (Å²) in [5.74, 6) is 0.279. The summed E-state index contributed by atoms with van der Waals surface area (Å²) >= 11 is 0. The average molecular weight is 423 g/mol. The van der Waals surface area contributed by atoms with Crippen LogP contribution in [0.1, 0.15) is 41.3 Å². The Hall–Kier alpha value is -3.03. The second-order valence-corrected chi connectivity index (χ2v) is 6.53. The molecule has 0 fully saturated rings. The molecule has 0 bridgehead atoms. The van der Waals surface area contributed by atoms with Gasteiger partial charge in [-0.1, -0.05) is 18.2 Å². The minimum Gasteiger partial charge on any atom is -0.497 e. The summed E-state index contributed by atoms with van der Waals surface area (Å²) in [4.78, 5) is 24.9. The van der Waals surface area contributed by atoms with Gasteiger partial charge in [-0.15, -0.1) is 0 Å². The number of ether oxygens (including phenoxy) is 2. The molecule has 2 rings (SSSR count). The Morgan fingerprint density at radius 2 is 1.83 bits per heavy atom. The van der Waals surface area contributed by atoms with E-state index in [-0.39, 0.29) is 44.1 Å². The zero-order chi connectivity index (χ0) is 22.1. The molecule has 2 aromatic carbocycles. The largest absolute Gasteiger partial charge is 0.497 e. The van der Waals surface area contributed by atoms with Gasteiger partial charge in [-0.25, -0.2) is 0 Å². The number of esters is 1. The smallest absolute Gasteiger partial charge is 0.417 e. The van der Waals surface area contributed by atoms with Crippen molar-refractivity contribution in [1.29, 1.82) is 0 Å². The van der Waals surface area contributed by atoms with E-state index in [1.54, 1.807) is 36.1 Å². The molecule has 0 aromatic heterocycles. The maximum Gasteiger partial charge on any atom is 0.417 e. The van der Waals surface area contributed by atoms with E-state index in [1.807, 2.05) is 0 Å². The standard InChI is InChI=1S/C22H24F3NO4/c1-3-30-21(28)8-5-13-26(14-16-9-11-17(29-2)12-10-16)20-7-4-6-19(18(20)15-27)22(23,24)25/h4,6-7,9-12,15H,3,5,8,13-14H2,1-2H3. The van der Waals surface area contributed by atoms with E-state index < -0.39 is 17.3 Å². The van der Waals surface area contributed by atoms with Crippen molar-refractivity contribution >= 4 is 17.9 Å². The molecule has 2 aromatic rings. The molecule has 0 spiro atoms. The van der Waals surface area contributed by atoms with Crippen molar-refractivity contribution < 1.29 is 32.2 Å². The van der Waals surface area contributed by atoms with Gasteiger partial charge in [-0.3, -0.25) is 9.59 Å². The second-order valence-electron chi connectivity index (χ2n) is 6.53. The predicted octanol–water partition coefficient (Wildman–Crippen LogP) is 4.88. The third kappa shape index (κ3) is 6.23. The van der Waals surface area contributed by atoms with Crippen LogP contribution in [0.25, 0.3) is 0 Å². The number of rotatable bonds is 10. The quantitative estimate of drug-likeness (QED) is 0.403. The summed E-state index contributed by atoms with van der Waals surface area (Å²) in [6.45, 7) is 2.49. The van der Waals surface area contributed by atoms with Crippen LogP contribution >= 0.6 is 0 Å². The van der Waals surface area contributed by atoms with Gasteiger partial charge in [0, 0.05) is 30.8 Å². The maximum atomic E-state index is 13.4. The van der Waals surface area contributed by atoms with Crippen molar-refractivity contribution in [2.45, 2.75) is 32.5 Å². The van der Waals surface area contributed by atoms with E-state index in [9.17, 15) is 22.8 Å². The molecule has 0 aliphatic carbocycles. The zero-order valence-corrected chi connectivity index (χ0v) is 16.9. The number of alkyl halides is 3. The number of aldehydes is 1. The SMILES string of the molecule is CCOC(=O)CCCN(Cc1ccc(OC)cc1)c1cccc(C(F)(F)F)c1C=O. The van der Waals surface area contributed by atoms with Crippen molar-refractivity contribution in [3.05, 3.63) is 59.2 Å². The van der Waals surface area contributed by atoms with Crippen LogP contribution in [0.2, 0.25) is 0 Å². The van der Waals surface area contributed by atoms with E-state index in [1.165, 1.54) is 19.2 Å². The summed E-state index contributed by atoms with van der Waals surface area (Å²) in [5, 5.41) is 0. The van der Waals surface area contributed by atoms with E-state index in [2.05, 4.69) is 0 Å². The lowest BCUT2D eigenvalue weighted by Gasteiger charge is -2.27. The monoisotopic (exact) mass is 423 g/mol. The van der Waals surface area contributed by atoms with Gasteiger partial charge in [0.25, 0.3) is 0 Å². The van der Waals surface area contributed by atoms with Gasteiger partial charge in [-0.05, 0) is 43.2 Å². The number of methoxy groups -OCH3 is 1. The summed E-state index contributed by atoms with van der Waals surface area (Å²) in [6, 6.07) is 10.7. The van der Waals surface area contributed by atoms with Crippen molar-refractivity contribution in [2.75, 3.05) is 25.2 Å². The van der Waals surface area contributed by atoms with E-state index in [0.29, 0.717) is 12.2 Å². The maximum absolute atomic E-state index is 13.4. The van der Waals surface area contributed by atoms with E-state index in [4.69, 9.17) is 9.47 Å². The highest BCUT2D eigenvalue weighted by Gasteiger charge is 2.34. The molecular weight excluding hydrogens is 399 g/mol. The van der Waals surface area contributed by atoms with Crippen LogP contribution in [0.3, 0.4) is 0 Å². The number of anilines is 1. The number of hydrogen-bond acceptors (Lipinski definition) is 5. The van der Waals surface area contributed by atoms with Crippen LogP contribution in [0.5, 0.6) is 5.75 Å². The molecule has 8 heteroatoms. The molecule has 0 aliphatic heterocycles. The molecule has 0 radical (unpaired) electrons. The van der Waals surface area contributed by atoms with Crippen LogP contribution in [0.15, 0.2) is 42.5 Å². The topological polar surface area (TPSA) is 55.8 Å². The minimum atomic E-state index is -4.65. The minimum absolute atomic E-state index is 0.127. The van der Waals surface area contributed by atoms with Crippen LogP contribution < -0.4 is 9.64 Å². The number of carbonyl (C=O) groups is 2. The van der Waals surface area contributed by atoms with Crippen molar-refractivity contribution in [2.24, 2.45) is 0 Å². The second kappa shape index (κ2) is 10.7. The molecule has 0 heterocycles. The number of hydrogen-bond donors (Lipinski definition) is 0. The van der Waals surface area contributed by atoms with Crippen LogP contribution in [-0.2, 0) is 22.3 Å². The molecule has 5 nitrogen and oxygen atoms in total. The lowest BCUT2D eigenvalue weighted by molar-refractivity contribution is -0.143. The van der Waals surface area contributed by atoms with Gasteiger partial charge in [-0.2, -0.15) is 13.2 Å². The fourth-order valence-corrected chi connectivity index (χ4v) is 3.08. The Balaban J connectivity index is 2.34. The molecule has 0 aliphatic rings. The Kier molecular flexibility index (Phi) is 8.26. The van der Waals surface area contributed by atoms with Gasteiger partial charge in [0.05, 0.1) is 19.3 Å². The fraction of sp³-hybridized carbons (Fsp3) is 0.364. The highest BCUT2D eigenvalue weighted by Crippen LogP contribution is 2.36. The Bertz CT molecular complexity index is 850. The van der Waals surface area contributed by atoms with Crippen molar-refractivity contribution in [3.63, 3.8) is 0 Å². The van der Waals surface area contributed by atoms with Crippen molar-refractivity contribution in [3.8, 4) is 5.75 Å². The lowest BCUT2D eigenvalue weighted by Crippen LogP contribution is -2.27. The molecular formula is C22H24F3NO4. The van der Waals surface area contributed by atoms with Gasteiger partial charge in [0.2, 0.25) is 0 Å². The fourth-order valence-electron chi connectivity index (χ4n) is 3.08. The van der Waals surface area contributed by atoms with Gasteiger partial charge < -0.3 is 14.4 Å². The molecule has 0 saturated heterocycles. The number of carbonyl (C=O) groups excluding carboxylic acids is 2. The Morgan fingerprint density at radius 1 is 1.13 bits per heavy atom. The lowest BCUT2D eigenvalue weighted by atomic mass is 10.0. The Morgan fingerprint density at radius 3 is 2.40 bits per heavy atom. The first-order valence-corrected chi connectivity index (χ1v) is 9.49. The first-order valence-electron chi connectivity index (χ1n) is 9.49. The third-order valence-electron chi connectivity index (χ3n) is 4.49. The van der Waals surface area contributed by atoms with Gasteiger partial charge in [0.15, 0.2) is 6.29 Å². The summed E-state index contributed by atoms with van der Waals surface area (Å²) in [5.41, 5.74) is -0.421. The van der Waals surface area contributed by atoms with E-state index >= 15 is 0 Å².